The maximum absolute atomic E-state index is 12.2. The van der Waals surface area contributed by atoms with Gasteiger partial charge in [0.25, 0.3) is 0 Å². The van der Waals surface area contributed by atoms with Crippen LogP contribution in [-0.2, 0) is 4.79 Å². The van der Waals surface area contributed by atoms with E-state index < -0.39 is 0 Å². The zero-order valence-electron chi connectivity index (χ0n) is 12.0. The number of hydrogen-bond donors (Lipinski definition) is 1. The summed E-state index contributed by atoms with van der Waals surface area (Å²) in [7, 11) is 0. The number of amides is 1. The summed E-state index contributed by atoms with van der Waals surface area (Å²) in [5.41, 5.74) is 0. The van der Waals surface area contributed by atoms with E-state index in [0.29, 0.717) is 24.2 Å². The van der Waals surface area contributed by atoms with Gasteiger partial charge in [-0.1, -0.05) is 5.16 Å². The van der Waals surface area contributed by atoms with E-state index in [1.54, 1.807) is 0 Å². The summed E-state index contributed by atoms with van der Waals surface area (Å²) < 4.78 is 5.23. The molecule has 0 bridgehead atoms. The van der Waals surface area contributed by atoms with Crippen LogP contribution in [0.25, 0.3) is 0 Å². The molecule has 2 aliphatic rings. The first-order valence-corrected chi connectivity index (χ1v) is 7.54. The summed E-state index contributed by atoms with van der Waals surface area (Å²) in [5.74, 6) is 2.01. The third kappa shape index (κ3) is 3.00. The molecular weight excluding hydrogens is 256 g/mol. The van der Waals surface area contributed by atoms with E-state index in [1.165, 1.54) is 6.42 Å². The van der Waals surface area contributed by atoms with E-state index in [-0.39, 0.29) is 5.91 Å². The zero-order chi connectivity index (χ0) is 13.9. The van der Waals surface area contributed by atoms with Gasteiger partial charge in [-0.25, -0.2) is 0 Å². The molecule has 3 rings (SSSR count). The SMILES string of the molecule is Cc1noc(C2CCN(C(=O)CC3CCCN3)CC2)n1. The Morgan fingerprint density at radius 1 is 1.40 bits per heavy atom. The molecule has 3 heterocycles. The number of carbonyl (C=O) groups is 1. The minimum Gasteiger partial charge on any atom is -0.343 e. The van der Waals surface area contributed by atoms with E-state index in [2.05, 4.69) is 15.5 Å². The summed E-state index contributed by atoms with van der Waals surface area (Å²) in [6.07, 6.45) is 4.81. The van der Waals surface area contributed by atoms with Crippen molar-refractivity contribution in [2.24, 2.45) is 0 Å². The molecule has 0 radical (unpaired) electrons. The zero-order valence-corrected chi connectivity index (χ0v) is 12.0. The van der Waals surface area contributed by atoms with E-state index in [1.807, 2.05) is 11.8 Å². The van der Waals surface area contributed by atoms with Crippen LogP contribution in [0.3, 0.4) is 0 Å². The lowest BCUT2D eigenvalue weighted by molar-refractivity contribution is -0.132. The second-order valence-electron chi connectivity index (χ2n) is 5.83. The van der Waals surface area contributed by atoms with Gasteiger partial charge in [-0.05, 0) is 39.2 Å². The Bertz CT molecular complexity index is 459. The molecule has 20 heavy (non-hydrogen) atoms. The van der Waals surface area contributed by atoms with Gasteiger partial charge in [-0.2, -0.15) is 4.98 Å². The van der Waals surface area contributed by atoms with E-state index in [9.17, 15) is 4.79 Å². The molecule has 0 aliphatic carbocycles. The van der Waals surface area contributed by atoms with Crippen molar-refractivity contribution in [2.45, 2.75) is 51.0 Å². The molecule has 6 heteroatoms. The standard InChI is InChI=1S/C14H22N4O2/c1-10-16-14(20-17-10)11-4-7-18(8-5-11)13(19)9-12-3-2-6-15-12/h11-12,15H,2-9H2,1H3. The number of aromatic nitrogens is 2. The maximum atomic E-state index is 12.2. The van der Waals surface area contributed by atoms with Crippen molar-refractivity contribution in [1.82, 2.24) is 20.4 Å². The van der Waals surface area contributed by atoms with Crippen LogP contribution >= 0.6 is 0 Å². The molecular formula is C14H22N4O2. The quantitative estimate of drug-likeness (QED) is 0.900. The van der Waals surface area contributed by atoms with Crippen molar-refractivity contribution in [1.29, 1.82) is 0 Å². The molecule has 0 spiro atoms. The van der Waals surface area contributed by atoms with Gasteiger partial charge in [0.05, 0.1) is 0 Å². The first-order valence-electron chi connectivity index (χ1n) is 7.54. The number of carbonyl (C=O) groups excluding carboxylic acids is 1. The van der Waals surface area contributed by atoms with Crippen LogP contribution in [0.2, 0.25) is 0 Å². The van der Waals surface area contributed by atoms with E-state index in [0.717, 1.165) is 44.8 Å². The molecule has 0 aromatic carbocycles. The fourth-order valence-electron chi connectivity index (χ4n) is 3.13. The molecule has 0 saturated carbocycles. The topological polar surface area (TPSA) is 71.3 Å². The van der Waals surface area contributed by atoms with Crippen molar-refractivity contribution < 1.29 is 9.32 Å². The average Bonchev–Trinajstić information content (AvgIpc) is 3.10. The number of aryl methyl sites for hydroxylation is 1. The number of nitrogens with zero attached hydrogens (tertiary/aromatic N) is 3. The van der Waals surface area contributed by atoms with Gasteiger partial charge in [0, 0.05) is 31.5 Å². The second-order valence-corrected chi connectivity index (χ2v) is 5.83. The number of hydrogen-bond acceptors (Lipinski definition) is 5. The lowest BCUT2D eigenvalue weighted by Crippen LogP contribution is -2.40. The molecule has 1 N–H and O–H groups in total. The van der Waals surface area contributed by atoms with Crippen molar-refractivity contribution in [3.63, 3.8) is 0 Å². The number of piperidine rings is 1. The highest BCUT2D eigenvalue weighted by atomic mass is 16.5. The largest absolute Gasteiger partial charge is 0.343 e. The monoisotopic (exact) mass is 278 g/mol. The lowest BCUT2D eigenvalue weighted by atomic mass is 9.96. The molecule has 2 aliphatic heterocycles. The summed E-state index contributed by atoms with van der Waals surface area (Å²) in [4.78, 5) is 18.5. The third-order valence-corrected chi connectivity index (χ3v) is 4.32. The van der Waals surface area contributed by atoms with Gasteiger partial charge in [0.2, 0.25) is 11.8 Å². The molecule has 2 saturated heterocycles. The normalized spacial score (nSPS) is 24.2. The van der Waals surface area contributed by atoms with Gasteiger partial charge >= 0.3 is 0 Å². The van der Waals surface area contributed by atoms with Crippen molar-refractivity contribution in [2.75, 3.05) is 19.6 Å². The minimum absolute atomic E-state index is 0.282. The van der Waals surface area contributed by atoms with E-state index in [4.69, 9.17) is 4.52 Å². The van der Waals surface area contributed by atoms with Crippen LogP contribution in [0.5, 0.6) is 0 Å². The molecule has 2 fully saturated rings. The highest BCUT2D eigenvalue weighted by Gasteiger charge is 2.28. The maximum Gasteiger partial charge on any atom is 0.229 e. The van der Waals surface area contributed by atoms with Gasteiger partial charge in [0.15, 0.2) is 5.82 Å². The van der Waals surface area contributed by atoms with Gasteiger partial charge in [0.1, 0.15) is 0 Å². The molecule has 1 amide bonds. The predicted molar refractivity (Wildman–Crippen MR) is 73.2 cm³/mol. The van der Waals surface area contributed by atoms with Crippen molar-refractivity contribution in [3.8, 4) is 0 Å². The molecule has 1 aromatic rings. The van der Waals surface area contributed by atoms with Gasteiger partial charge in [-0.3, -0.25) is 4.79 Å². The van der Waals surface area contributed by atoms with Crippen LogP contribution in [0.4, 0.5) is 0 Å². The number of nitrogens with one attached hydrogen (secondary N) is 1. The lowest BCUT2D eigenvalue weighted by Gasteiger charge is -2.31. The van der Waals surface area contributed by atoms with Crippen LogP contribution in [0.1, 0.15) is 49.7 Å². The van der Waals surface area contributed by atoms with Crippen molar-refractivity contribution in [3.05, 3.63) is 11.7 Å². The van der Waals surface area contributed by atoms with Gasteiger partial charge < -0.3 is 14.7 Å². The average molecular weight is 278 g/mol. The fraction of sp³-hybridized carbons (Fsp3) is 0.786. The van der Waals surface area contributed by atoms with Crippen LogP contribution in [0.15, 0.2) is 4.52 Å². The minimum atomic E-state index is 0.282. The van der Waals surface area contributed by atoms with Crippen LogP contribution < -0.4 is 5.32 Å². The summed E-state index contributed by atoms with van der Waals surface area (Å²) >= 11 is 0. The molecule has 110 valence electrons. The second kappa shape index (κ2) is 5.91. The van der Waals surface area contributed by atoms with Gasteiger partial charge in [-0.15, -0.1) is 0 Å². The number of likely N-dealkylation sites (tertiary alicyclic amines) is 1. The van der Waals surface area contributed by atoms with Crippen LogP contribution in [-0.4, -0.2) is 46.6 Å². The molecule has 6 nitrogen and oxygen atoms in total. The van der Waals surface area contributed by atoms with Crippen molar-refractivity contribution >= 4 is 5.91 Å². The van der Waals surface area contributed by atoms with Crippen LogP contribution in [0, 0.1) is 6.92 Å². The first-order chi connectivity index (χ1) is 9.72. The number of rotatable bonds is 3. The Hall–Kier alpha value is -1.43. The molecule has 1 aromatic heterocycles. The Labute approximate surface area is 118 Å². The first kappa shape index (κ1) is 13.5. The summed E-state index contributed by atoms with van der Waals surface area (Å²) in [6.45, 7) is 4.49. The highest BCUT2D eigenvalue weighted by molar-refractivity contribution is 5.77. The molecule has 1 atom stereocenters. The fourth-order valence-corrected chi connectivity index (χ4v) is 3.13. The summed E-state index contributed by atoms with van der Waals surface area (Å²) in [5, 5.41) is 7.22. The Balaban J connectivity index is 1.49. The third-order valence-electron chi connectivity index (χ3n) is 4.32. The summed E-state index contributed by atoms with van der Waals surface area (Å²) in [6, 6.07) is 0.388. The Morgan fingerprint density at radius 3 is 2.80 bits per heavy atom. The predicted octanol–water partition coefficient (Wildman–Crippen LogP) is 1.23. The smallest absolute Gasteiger partial charge is 0.229 e. The van der Waals surface area contributed by atoms with E-state index >= 15 is 0 Å². The highest BCUT2D eigenvalue weighted by Crippen LogP contribution is 2.27. The Kier molecular flexibility index (Phi) is 4.00. The Morgan fingerprint density at radius 2 is 2.20 bits per heavy atom. The molecule has 1 unspecified atom stereocenters.